The normalized spacial score (nSPS) is 14.6. The molecule has 184 valence electrons. The van der Waals surface area contributed by atoms with E-state index in [0.29, 0.717) is 16.9 Å². The van der Waals surface area contributed by atoms with Crippen molar-refractivity contribution in [1.82, 2.24) is 0 Å². The Labute approximate surface area is 204 Å². The molecule has 3 aromatic rings. The summed E-state index contributed by atoms with van der Waals surface area (Å²) in [7, 11) is 1.47. The summed E-state index contributed by atoms with van der Waals surface area (Å²) >= 11 is 0. The number of hydrogen-bond donors (Lipinski definition) is 1. The molecule has 0 unspecified atom stereocenters. The minimum absolute atomic E-state index is 0.197. The third-order valence-electron chi connectivity index (χ3n) is 6.28. The van der Waals surface area contributed by atoms with E-state index in [9.17, 15) is 13.2 Å². The number of fused-ring (bicyclic) bond motifs is 1. The van der Waals surface area contributed by atoms with Gasteiger partial charge >= 0.3 is 6.18 Å². The summed E-state index contributed by atoms with van der Waals surface area (Å²) in [6, 6.07) is 15.2. The van der Waals surface area contributed by atoms with Crippen molar-refractivity contribution in [3.05, 3.63) is 82.9 Å². The van der Waals surface area contributed by atoms with E-state index in [0.717, 1.165) is 52.3 Å². The predicted octanol–water partition coefficient (Wildman–Crippen LogP) is 8.13. The third kappa shape index (κ3) is 5.02. The molecule has 0 saturated heterocycles. The van der Waals surface area contributed by atoms with Gasteiger partial charge in [-0.3, -0.25) is 0 Å². The van der Waals surface area contributed by atoms with Gasteiger partial charge in [0.05, 0.1) is 18.2 Å². The first kappa shape index (κ1) is 24.7. The molecule has 0 fully saturated rings. The zero-order chi connectivity index (χ0) is 25.4. The predicted molar refractivity (Wildman–Crippen MR) is 135 cm³/mol. The Hall–Kier alpha value is -3.41. The Balaban J connectivity index is 1.91. The third-order valence-corrected chi connectivity index (χ3v) is 6.28. The van der Waals surface area contributed by atoms with Crippen molar-refractivity contribution >= 4 is 11.3 Å². The molecule has 0 aromatic heterocycles. The Morgan fingerprint density at radius 1 is 0.943 bits per heavy atom. The molecule has 0 radical (unpaired) electrons. The molecule has 0 amide bonds. The Kier molecular flexibility index (Phi) is 6.58. The minimum Gasteiger partial charge on any atom is -0.496 e. The molecule has 1 heterocycles. The van der Waals surface area contributed by atoms with E-state index in [1.54, 1.807) is 0 Å². The molecule has 35 heavy (non-hydrogen) atoms. The number of halogens is 3. The summed E-state index contributed by atoms with van der Waals surface area (Å²) in [5, 5.41) is 3.53. The number of alkyl halides is 3. The lowest BCUT2D eigenvalue weighted by atomic mass is 9.85. The molecule has 1 aliphatic rings. The standard InChI is InChI=1S/C29H30F3NO2/c1-6-19-9-7-8-10-25(19)35-17-23-21(12-13-24-27(23)18(2)16-28(3,4)33-24)22-15-20(29(30,31)32)11-14-26(22)34-5/h7-16,33H,6,17H2,1-5H3. The number of rotatable bonds is 6. The number of ether oxygens (including phenoxy) is 2. The van der Waals surface area contributed by atoms with Gasteiger partial charge < -0.3 is 14.8 Å². The molecule has 1 N–H and O–H groups in total. The van der Waals surface area contributed by atoms with E-state index in [1.165, 1.54) is 13.2 Å². The van der Waals surface area contributed by atoms with Crippen LogP contribution in [-0.4, -0.2) is 12.6 Å². The largest absolute Gasteiger partial charge is 0.496 e. The second kappa shape index (κ2) is 9.33. The Bertz CT molecular complexity index is 1280. The number of allylic oxidation sites excluding steroid dienone is 1. The molecule has 1 aliphatic heterocycles. The number of nitrogens with one attached hydrogen (secondary N) is 1. The molecular formula is C29H30F3NO2. The van der Waals surface area contributed by atoms with Crippen LogP contribution >= 0.6 is 0 Å². The zero-order valence-electron chi connectivity index (χ0n) is 20.6. The summed E-state index contributed by atoms with van der Waals surface area (Å²) < 4.78 is 52.6. The molecule has 3 aromatic carbocycles. The van der Waals surface area contributed by atoms with Crippen LogP contribution in [0.25, 0.3) is 16.7 Å². The van der Waals surface area contributed by atoms with Crippen molar-refractivity contribution in [1.29, 1.82) is 0 Å². The van der Waals surface area contributed by atoms with Crippen molar-refractivity contribution < 1.29 is 22.6 Å². The maximum absolute atomic E-state index is 13.6. The Morgan fingerprint density at radius 3 is 2.37 bits per heavy atom. The van der Waals surface area contributed by atoms with Crippen molar-refractivity contribution in [3.63, 3.8) is 0 Å². The Morgan fingerprint density at radius 2 is 1.69 bits per heavy atom. The van der Waals surface area contributed by atoms with Gasteiger partial charge in [0.15, 0.2) is 0 Å². The van der Waals surface area contributed by atoms with E-state index in [2.05, 4.69) is 32.2 Å². The van der Waals surface area contributed by atoms with E-state index in [4.69, 9.17) is 9.47 Å². The quantitative estimate of drug-likeness (QED) is 0.386. The molecule has 3 nitrogen and oxygen atoms in total. The fraction of sp³-hybridized carbons (Fsp3) is 0.310. The highest BCUT2D eigenvalue weighted by Crippen LogP contribution is 2.44. The van der Waals surface area contributed by atoms with Crippen LogP contribution < -0.4 is 14.8 Å². The molecule has 0 saturated carbocycles. The van der Waals surface area contributed by atoms with Crippen LogP contribution in [-0.2, 0) is 19.2 Å². The van der Waals surface area contributed by atoms with Gasteiger partial charge in [0.1, 0.15) is 18.1 Å². The van der Waals surface area contributed by atoms with Crippen LogP contribution in [0.2, 0.25) is 0 Å². The first-order chi connectivity index (χ1) is 16.5. The fourth-order valence-electron chi connectivity index (χ4n) is 4.78. The topological polar surface area (TPSA) is 30.5 Å². The second-order valence-electron chi connectivity index (χ2n) is 9.35. The lowest BCUT2D eigenvalue weighted by molar-refractivity contribution is -0.137. The molecule has 0 spiro atoms. The number of aryl methyl sites for hydroxylation is 1. The average Bonchev–Trinajstić information content (AvgIpc) is 2.80. The molecule has 6 heteroatoms. The molecule has 0 atom stereocenters. The van der Waals surface area contributed by atoms with Gasteiger partial charge in [0.2, 0.25) is 0 Å². The first-order valence-corrected chi connectivity index (χ1v) is 11.6. The van der Waals surface area contributed by atoms with Crippen LogP contribution in [0.3, 0.4) is 0 Å². The van der Waals surface area contributed by atoms with Crippen molar-refractivity contribution in [2.75, 3.05) is 12.4 Å². The van der Waals surface area contributed by atoms with Crippen LogP contribution in [0.5, 0.6) is 11.5 Å². The van der Waals surface area contributed by atoms with E-state index in [-0.39, 0.29) is 12.1 Å². The number of hydrogen-bond acceptors (Lipinski definition) is 3. The van der Waals surface area contributed by atoms with E-state index >= 15 is 0 Å². The van der Waals surface area contributed by atoms with Gasteiger partial charge in [-0.05, 0) is 74.2 Å². The van der Waals surface area contributed by atoms with Crippen LogP contribution in [0.1, 0.15) is 49.9 Å². The molecule has 0 aliphatic carbocycles. The van der Waals surface area contributed by atoms with Gasteiger partial charge in [-0.2, -0.15) is 13.2 Å². The minimum atomic E-state index is -4.46. The molecular weight excluding hydrogens is 451 g/mol. The average molecular weight is 482 g/mol. The van der Waals surface area contributed by atoms with Crippen LogP contribution in [0.4, 0.5) is 18.9 Å². The van der Waals surface area contributed by atoms with Gasteiger partial charge in [-0.15, -0.1) is 0 Å². The maximum Gasteiger partial charge on any atom is 0.416 e. The zero-order valence-corrected chi connectivity index (χ0v) is 20.6. The number of benzene rings is 3. The first-order valence-electron chi connectivity index (χ1n) is 11.6. The van der Waals surface area contributed by atoms with Crippen molar-refractivity contribution in [3.8, 4) is 22.6 Å². The van der Waals surface area contributed by atoms with Gasteiger partial charge in [0, 0.05) is 22.4 Å². The highest BCUT2D eigenvalue weighted by molar-refractivity contribution is 5.88. The lowest BCUT2D eigenvalue weighted by Crippen LogP contribution is -2.32. The second-order valence-corrected chi connectivity index (χ2v) is 9.35. The number of methoxy groups -OCH3 is 1. The van der Waals surface area contributed by atoms with Gasteiger partial charge in [-0.1, -0.05) is 37.3 Å². The summed E-state index contributed by atoms with van der Waals surface area (Å²) in [4.78, 5) is 0. The smallest absolute Gasteiger partial charge is 0.416 e. The van der Waals surface area contributed by atoms with Crippen LogP contribution in [0, 0.1) is 0 Å². The summed E-state index contributed by atoms with van der Waals surface area (Å²) in [6.07, 6.45) is -1.52. The molecule has 0 bridgehead atoms. The van der Waals surface area contributed by atoms with Crippen molar-refractivity contribution in [2.24, 2.45) is 0 Å². The van der Waals surface area contributed by atoms with E-state index < -0.39 is 11.7 Å². The summed E-state index contributed by atoms with van der Waals surface area (Å²) in [5.41, 5.74) is 4.84. The maximum atomic E-state index is 13.6. The highest BCUT2D eigenvalue weighted by Gasteiger charge is 2.32. The number of anilines is 1. The SMILES string of the molecule is CCc1ccccc1OCc1c(-c2cc(C(F)(F)F)ccc2OC)ccc2c1C(C)=CC(C)(C)N2. The van der Waals surface area contributed by atoms with E-state index in [1.807, 2.05) is 43.3 Å². The lowest BCUT2D eigenvalue weighted by Gasteiger charge is -2.33. The monoisotopic (exact) mass is 481 g/mol. The fourth-order valence-corrected chi connectivity index (χ4v) is 4.78. The molecule has 4 rings (SSSR count). The highest BCUT2D eigenvalue weighted by atomic mass is 19.4. The summed E-state index contributed by atoms with van der Waals surface area (Å²) in [5.74, 6) is 1.14. The van der Waals surface area contributed by atoms with Crippen LogP contribution in [0.15, 0.2) is 60.7 Å². The van der Waals surface area contributed by atoms with Crippen molar-refractivity contribution in [2.45, 2.75) is 52.4 Å². The summed E-state index contributed by atoms with van der Waals surface area (Å²) in [6.45, 7) is 8.44. The number of para-hydroxylation sites is 1. The van der Waals surface area contributed by atoms with Gasteiger partial charge in [-0.25, -0.2) is 0 Å². The van der Waals surface area contributed by atoms with Gasteiger partial charge in [0.25, 0.3) is 0 Å².